The third-order valence-electron chi connectivity index (χ3n) is 19.3. The van der Waals surface area contributed by atoms with E-state index in [1.54, 1.807) is 7.11 Å². The minimum atomic E-state index is -1.77. The first-order chi connectivity index (χ1) is 35.0. The summed E-state index contributed by atoms with van der Waals surface area (Å²) in [4.78, 5) is 0. The van der Waals surface area contributed by atoms with Gasteiger partial charge in [-0.3, -0.25) is 0 Å². The van der Waals surface area contributed by atoms with Crippen molar-refractivity contribution < 1.29 is 109 Å². The molecule has 0 aromatic heterocycles. The lowest BCUT2D eigenvalue weighted by atomic mass is 9.46. The molecule has 5 aliphatic heterocycles. The molecule has 0 aromatic rings. The molecule has 9 rings (SSSR count). The molecule has 4 aliphatic carbocycles. The van der Waals surface area contributed by atoms with Gasteiger partial charge in [-0.05, 0) is 113 Å². The Morgan fingerprint density at radius 2 is 1.24 bits per heavy atom. The monoisotopic (exact) mass is 1060 g/mol. The van der Waals surface area contributed by atoms with Crippen LogP contribution in [0.3, 0.4) is 0 Å². The van der Waals surface area contributed by atoms with Crippen molar-refractivity contribution >= 4 is 0 Å². The second-order valence-electron chi connectivity index (χ2n) is 23.7. The normalized spacial score (nSPS) is 54.4. The highest BCUT2D eigenvalue weighted by molar-refractivity contribution is 5.30. The Balaban J connectivity index is 0.884. The van der Waals surface area contributed by atoms with Crippen molar-refractivity contribution in [1.82, 2.24) is 0 Å². The zero-order chi connectivity index (χ0) is 53.5. The molecule has 0 radical (unpaired) electrons. The summed E-state index contributed by atoms with van der Waals surface area (Å²) in [5.41, 5.74) is 0.357. The van der Waals surface area contributed by atoms with E-state index in [0.29, 0.717) is 37.0 Å². The number of fused-ring (bicyclic) bond motifs is 7. The lowest BCUT2D eigenvalue weighted by molar-refractivity contribution is -0.393. The van der Waals surface area contributed by atoms with Gasteiger partial charge in [0.2, 0.25) is 0 Å². The fourth-order valence-corrected chi connectivity index (χ4v) is 14.8. The Kier molecular flexibility index (Phi) is 17.1. The second-order valence-corrected chi connectivity index (χ2v) is 23.7. The van der Waals surface area contributed by atoms with Crippen LogP contribution in [0.15, 0.2) is 23.5 Å². The number of allylic oxidation sites excluding steroid dienone is 2. The Hall–Kier alpha value is -1.56. The van der Waals surface area contributed by atoms with E-state index in [1.807, 2.05) is 6.92 Å². The maximum Gasteiger partial charge on any atom is 0.187 e. The molecule has 22 heteroatoms. The van der Waals surface area contributed by atoms with Crippen LogP contribution >= 0.6 is 0 Å². The molecule has 5 saturated heterocycles. The first-order valence-electron chi connectivity index (χ1n) is 26.8. The van der Waals surface area contributed by atoms with Gasteiger partial charge < -0.3 is 109 Å². The molecule has 1 unspecified atom stereocenters. The minimum absolute atomic E-state index is 0.0443. The molecule has 9 aliphatic rings. The van der Waals surface area contributed by atoms with Crippen molar-refractivity contribution in [3.63, 3.8) is 0 Å². The number of hydrogen-bond donors (Lipinski definition) is 12. The number of hydrogen-bond acceptors (Lipinski definition) is 22. The van der Waals surface area contributed by atoms with Gasteiger partial charge in [0, 0.05) is 13.0 Å². The molecule has 424 valence electrons. The fraction of sp³-hybridized carbons (Fsp3) is 0.923. The highest BCUT2D eigenvalue weighted by atomic mass is 16.8. The zero-order valence-corrected chi connectivity index (χ0v) is 43.5. The van der Waals surface area contributed by atoms with Crippen LogP contribution in [0.1, 0.15) is 92.9 Å². The summed E-state index contributed by atoms with van der Waals surface area (Å²) in [5, 5.41) is 127. The van der Waals surface area contributed by atoms with E-state index in [2.05, 4.69) is 32.9 Å². The second kappa shape index (κ2) is 22.2. The molecule has 0 amide bonds. The lowest BCUT2D eigenvalue weighted by Crippen LogP contribution is -2.67. The van der Waals surface area contributed by atoms with Crippen LogP contribution in [0.4, 0.5) is 0 Å². The van der Waals surface area contributed by atoms with E-state index in [-0.39, 0.29) is 35.4 Å². The van der Waals surface area contributed by atoms with Crippen molar-refractivity contribution in [2.45, 2.75) is 234 Å². The molecule has 0 bridgehead atoms. The van der Waals surface area contributed by atoms with Crippen molar-refractivity contribution in [3.05, 3.63) is 23.5 Å². The van der Waals surface area contributed by atoms with Gasteiger partial charge in [-0.1, -0.05) is 32.4 Å². The highest BCUT2D eigenvalue weighted by Gasteiger charge is 2.69. The van der Waals surface area contributed by atoms with E-state index >= 15 is 0 Å². The summed E-state index contributed by atoms with van der Waals surface area (Å²) in [6, 6.07) is 0. The van der Waals surface area contributed by atoms with Crippen LogP contribution in [0, 0.1) is 40.4 Å². The third kappa shape index (κ3) is 9.98. The fourth-order valence-electron chi connectivity index (χ4n) is 14.8. The molecule has 0 aromatic carbocycles. The van der Waals surface area contributed by atoms with Crippen molar-refractivity contribution in [1.29, 1.82) is 0 Å². The topological polar surface area (TPSA) is 335 Å². The van der Waals surface area contributed by atoms with Gasteiger partial charge in [-0.15, -0.1) is 0 Å². The maximum absolute atomic E-state index is 11.6. The van der Waals surface area contributed by atoms with Gasteiger partial charge in [0.05, 0.1) is 38.1 Å². The lowest BCUT2D eigenvalue weighted by Gasteiger charge is -2.59. The van der Waals surface area contributed by atoms with Crippen molar-refractivity contribution in [3.8, 4) is 0 Å². The largest absolute Gasteiger partial charge is 0.492 e. The highest BCUT2D eigenvalue weighted by Crippen LogP contribution is 2.70. The summed E-state index contributed by atoms with van der Waals surface area (Å²) in [6.45, 7) is 10.8. The third-order valence-corrected chi connectivity index (χ3v) is 19.3. The molecule has 12 N–H and O–H groups in total. The average Bonchev–Trinajstić information content (AvgIpc) is 3.85. The quantitative estimate of drug-likeness (QED) is 0.0890. The Morgan fingerprint density at radius 1 is 0.662 bits per heavy atom. The summed E-state index contributed by atoms with van der Waals surface area (Å²) < 4.78 is 61.7. The number of ether oxygens (including phenoxy) is 10. The summed E-state index contributed by atoms with van der Waals surface area (Å²) in [5.74, 6) is 2.00. The molecule has 3 saturated carbocycles. The molecule has 22 nitrogen and oxygen atoms in total. The van der Waals surface area contributed by atoms with E-state index in [4.69, 9.17) is 47.4 Å². The number of aliphatic hydroxyl groups is 12. The van der Waals surface area contributed by atoms with E-state index in [0.717, 1.165) is 37.9 Å². The minimum Gasteiger partial charge on any atom is -0.492 e. The van der Waals surface area contributed by atoms with E-state index in [9.17, 15) is 61.3 Å². The first-order valence-corrected chi connectivity index (χ1v) is 26.8. The molecular weight excluding hydrogens is 977 g/mol. The zero-order valence-electron chi connectivity index (χ0n) is 43.5. The molecule has 74 heavy (non-hydrogen) atoms. The summed E-state index contributed by atoms with van der Waals surface area (Å²) in [6.07, 6.45) is -18.8. The predicted molar refractivity (Wildman–Crippen MR) is 254 cm³/mol. The van der Waals surface area contributed by atoms with E-state index < -0.39 is 148 Å². The smallest absolute Gasteiger partial charge is 0.187 e. The van der Waals surface area contributed by atoms with Gasteiger partial charge in [0.25, 0.3) is 0 Å². The van der Waals surface area contributed by atoms with Crippen LogP contribution in [0.25, 0.3) is 0 Å². The predicted octanol–water partition coefficient (Wildman–Crippen LogP) is -1.41. The van der Waals surface area contributed by atoms with Crippen LogP contribution in [0.5, 0.6) is 0 Å². The summed E-state index contributed by atoms with van der Waals surface area (Å²) >= 11 is 0. The molecule has 30 atom stereocenters. The van der Waals surface area contributed by atoms with Crippen molar-refractivity contribution in [2.24, 2.45) is 40.4 Å². The number of aliphatic hydroxyl groups excluding tert-OH is 12. The van der Waals surface area contributed by atoms with Crippen molar-refractivity contribution in [2.75, 3.05) is 26.9 Å². The van der Waals surface area contributed by atoms with Gasteiger partial charge in [-0.25, -0.2) is 0 Å². The number of rotatable bonds is 14. The average molecular weight is 1060 g/mol. The van der Waals surface area contributed by atoms with Gasteiger partial charge in [0.1, 0.15) is 103 Å². The van der Waals surface area contributed by atoms with Gasteiger partial charge in [0.15, 0.2) is 25.2 Å². The molecule has 5 heterocycles. The van der Waals surface area contributed by atoms with Crippen LogP contribution < -0.4 is 0 Å². The Bertz CT molecular complexity index is 1980. The van der Waals surface area contributed by atoms with Gasteiger partial charge >= 0.3 is 0 Å². The van der Waals surface area contributed by atoms with Crippen LogP contribution in [-0.2, 0) is 47.4 Å². The molecule has 8 fully saturated rings. The Morgan fingerprint density at radius 3 is 1.86 bits per heavy atom. The standard InChI is InChI=1S/C52H84O22/c1-21(20-66-46-40(62)39(61)35(57)30(18-53)71-46)8-11-32-52(6,65-7)45-29(70-32)17-28-26-10-9-24-16-25(12-14-50(24,4)27(26)13-15-51(28,45)5)69-49-44(74-48-42(64)38(60)34(56)23(3)68-48)43(36(58)31(19-54)72-49)73-47-41(63)37(59)33(55)22(2)67-47/h9,11,21-23,25-31,33-49,53-64H,8,10,12-20H2,1-7H3/b32-11-/t21?,22-,23-,25-,26+,27-,28-,29-,30+,31+,33-,34-,35+,36+,37+,38+,39-,40+,41+,42+,43-,44+,45-,46+,47-,48-,49+,50-,51-,52-/m0/s1. The van der Waals surface area contributed by atoms with Crippen LogP contribution in [0.2, 0.25) is 0 Å². The van der Waals surface area contributed by atoms with Crippen LogP contribution in [-0.4, -0.2) is 229 Å². The van der Waals surface area contributed by atoms with Gasteiger partial charge in [-0.2, -0.15) is 0 Å². The SMILES string of the molecule is CO[C@@]1(C)/C(=C/CC(C)CO[C@@H]2O[C@H](CO)[C@@H](O)[C@H](O)[C@H]2O)O[C@H]2C[C@H]3[C@@H]4CC=C5C[C@@H](O[C@@H]6O[C@H](CO)[C@@H](O)[C@H](O[C@@H]7O[C@@H](C)[C@H](O)[C@@H](O)[C@H]7O)[C@H]6O[C@@H]6O[C@@H](C)[C@H](O)[C@@H](O)[C@H]6O)CC[C@]5(C)[C@H]4CC[C@]3(C)[C@H]21. The summed E-state index contributed by atoms with van der Waals surface area (Å²) in [7, 11) is 1.74. The van der Waals surface area contributed by atoms with E-state index in [1.165, 1.54) is 19.4 Å². The molecule has 0 spiro atoms. The first kappa shape index (κ1) is 57.1. The maximum atomic E-state index is 11.6. The molecular formula is C52H84O22. The Labute approximate surface area is 432 Å². The number of methoxy groups -OCH3 is 1.